The van der Waals surface area contributed by atoms with Crippen LogP contribution in [-0.2, 0) is 0 Å². The van der Waals surface area contributed by atoms with Gasteiger partial charge in [0.2, 0.25) is 6.10 Å². The summed E-state index contributed by atoms with van der Waals surface area (Å²) in [6.07, 6.45) is -4.37. The molecule has 2 rings (SSSR count). The van der Waals surface area contributed by atoms with Gasteiger partial charge < -0.3 is 4.74 Å². The van der Waals surface area contributed by atoms with Crippen molar-refractivity contribution < 1.29 is 17.9 Å². The molecule has 0 saturated heterocycles. The molecule has 1 aromatic carbocycles. The molecule has 1 aliphatic heterocycles. The van der Waals surface area contributed by atoms with Crippen LogP contribution >= 0.6 is 34.8 Å². The van der Waals surface area contributed by atoms with E-state index in [-0.39, 0.29) is 20.8 Å². The predicted octanol–water partition coefficient (Wildman–Crippen LogP) is 4.98. The van der Waals surface area contributed by atoms with Gasteiger partial charge in [0.1, 0.15) is 10.8 Å². The summed E-state index contributed by atoms with van der Waals surface area (Å²) < 4.78 is 42.2. The molecule has 1 unspecified atom stereocenters. The van der Waals surface area contributed by atoms with Crippen LogP contribution in [0.3, 0.4) is 0 Å². The molecule has 0 bridgehead atoms. The van der Waals surface area contributed by atoms with E-state index >= 15 is 0 Å². The SMILES string of the molecule is FC(F)(F)C1C=Cc2cc(Cl)c(Cl)c(Cl)c2O1. The van der Waals surface area contributed by atoms with E-state index < -0.39 is 12.3 Å². The summed E-state index contributed by atoms with van der Waals surface area (Å²) in [5, 5.41) is 0.0187. The van der Waals surface area contributed by atoms with Gasteiger partial charge in [0, 0.05) is 5.56 Å². The fraction of sp³-hybridized carbons (Fsp3) is 0.200. The molecule has 1 atom stereocenters. The van der Waals surface area contributed by atoms with Crippen LogP contribution in [0.2, 0.25) is 15.1 Å². The summed E-state index contributed by atoms with van der Waals surface area (Å²) in [4.78, 5) is 0. The van der Waals surface area contributed by atoms with Crippen LogP contribution in [0.1, 0.15) is 5.56 Å². The highest BCUT2D eigenvalue weighted by Crippen LogP contribution is 2.44. The number of rotatable bonds is 0. The number of alkyl halides is 3. The van der Waals surface area contributed by atoms with Crippen LogP contribution in [0.4, 0.5) is 13.2 Å². The molecule has 0 spiro atoms. The quantitative estimate of drug-likeness (QED) is 0.614. The van der Waals surface area contributed by atoms with Crippen molar-refractivity contribution in [1.82, 2.24) is 0 Å². The molecular formula is C10H4Cl3F3O. The topological polar surface area (TPSA) is 9.23 Å². The minimum atomic E-state index is -4.50. The number of hydrogen-bond donors (Lipinski definition) is 0. The van der Waals surface area contributed by atoms with Gasteiger partial charge in [-0.3, -0.25) is 0 Å². The molecule has 92 valence electrons. The lowest BCUT2D eigenvalue weighted by Crippen LogP contribution is -2.34. The summed E-state index contributed by atoms with van der Waals surface area (Å²) in [5.74, 6) is -0.106. The molecule has 17 heavy (non-hydrogen) atoms. The molecule has 1 nitrogen and oxygen atoms in total. The second-order valence-corrected chi connectivity index (χ2v) is 4.51. The van der Waals surface area contributed by atoms with E-state index in [9.17, 15) is 13.2 Å². The summed E-state index contributed by atoms with van der Waals surface area (Å²) in [6.45, 7) is 0. The average molecular weight is 303 g/mol. The molecule has 0 N–H and O–H groups in total. The van der Waals surface area contributed by atoms with E-state index in [2.05, 4.69) is 0 Å². The zero-order chi connectivity index (χ0) is 12.8. The van der Waals surface area contributed by atoms with Crippen LogP contribution in [0.25, 0.3) is 6.08 Å². The Morgan fingerprint density at radius 1 is 1.12 bits per heavy atom. The Morgan fingerprint density at radius 2 is 1.76 bits per heavy atom. The smallest absolute Gasteiger partial charge is 0.429 e. The standard InChI is InChI=1S/C10H4Cl3F3O/c11-5-3-4-1-2-6(10(14,15)16)17-9(4)8(13)7(5)12/h1-3,6H. The van der Waals surface area contributed by atoms with Crippen molar-refractivity contribution in [3.63, 3.8) is 0 Å². The van der Waals surface area contributed by atoms with Crippen molar-refractivity contribution in [2.75, 3.05) is 0 Å². The van der Waals surface area contributed by atoms with Gasteiger partial charge in [-0.25, -0.2) is 0 Å². The second kappa shape index (κ2) is 4.26. The fourth-order valence-electron chi connectivity index (χ4n) is 1.37. The number of halogens is 6. The molecule has 1 heterocycles. The summed E-state index contributed by atoms with van der Waals surface area (Å²) in [6, 6.07) is 1.40. The normalized spacial score (nSPS) is 18.8. The first-order valence-electron chi connectivity index (χ1n) is 4.40. The highest BCUT2D eigenvalue weighted by atomic mass is 35.5. The maximum atomic E-state index is 12.5. The first-order chi connectivity index (χ1) is 7.80. The van der Waals surface area contributed by atoms with Gasteiger partial charge in [0.25, 0.3) is 0 Å². The molecule has 0 saturated carbocycles. The number of ether oxygens (including phenoxy) is 1. The minimum Gasteiger partial charge on any atom is -0.475 e. The van der Waals surface area contributed by atoms with Crippen molar-refractivity contribution >= 4 is 40.9 Å². The fourth-order valence-corrected chi connectivity index (χ4v) is 2.03. The maximum absolute atomic E-state index is 12.5. The zero-order valence-electron chi connectivity index (χ0n) is 7.99. The molecule has 0 radical (unpaired) electrons. The summed E-state index contributed by atoms with van der Waals surface area (Å²) in [7, 11) is 0. The van der Waals surface area contributed by atoms with E-state index in [4.69, 9.17) is 39.5 Å². The van der Waals surface area contributed by atoms with Crippen molar-refractivity contribution in [3.05, 3.63) is 32.8 Å². The number of hydrogen-bond acceptors (Lipinski definition) is 1. The van der Waals surface area contributed by atoms with Gasteiger partial charge in [0.05, 0.1) is 10.0 Å². The van der Waals surface area contributed by atoms with Gasteiger partial charge in [-0.1, -0.05) is 40.9 Å². The van der Waals surface area contributed by atoms with Gasteiger partial charge in [-0.05, 0) is 12.1 Å². The first-order valence-corrected chi connectivity index (χ1v) is 5.53. The third-order valence-corrected chi connectivity index (χ3v) is 3.41. The molecule has 1 aromatic rings. The highest BCUT2D eigenvalue weighted by molar-refractivity contribution is 6.48. The van der Waals surface area contributed by atoms with E-state index in [0.717, 1.165) is 6.08 Å². The summed E-state index contributed by atoms with van der Waals surface area (Å²) >= 11 is 17.3. The van der Waals surface area contributed by atoms with Gasteiger partial charge >= 0.3 is 6.18 Å². The van der Waals surface area contributed by atoms with Crippen molar-refractivity contribution in [2.45, 2.75) is 12.3 Å². The summed E-state index contributed by atoms with van der Waals surface area (Å²) in [5.41, 5.74) is 0.366. The molecule has 0 aromatic heterocycles. The van der Waals surface area contributed by atoms with Crippen LogP contribution in [0.5, 0.6) is 5.75 Å². The van der Waals surface area contributed by atoms with Crippen LogP contribution in [-0.4, -0.2) is 12.3 Å². The molecule has 0 aliphatic carbocycles. The predicted molar refractivity (Wildman–Crippen MR) is 61.0 cm³/mol. The Morgan fingerprint density at radius 3 is 2.35 bits per heavy atom. The number of benzene rings is 1. The molecule has 0 fully saturated rings. The Labute approximate surface area is 110 Å². The molecule has 0 amide bonds. The van der Waals surface area contributed by atoms with Crippen LogP contribution in [0, 0.1) is 0 Å². The van der Waals surface area contributed by atoms with E-state index in [1.807, 2.05) is 0 Å². The monoisotopic (exact) mass is 302 g/mol. The Kier molecular flexibility index (Phi) is 3.23. The average Bonchev–Trinajstić information content (AvgIpc) is 2.24. The Bertz CT molecular complexity index is 497. The van der Waals surface area contributed by atoms with Crippen LogP contribution < -0.4 is 4.74 Å². The molecule has 7 heteroatoms. The Hall–Kier alpha value is -0.580. The lowest BCUT2D eigenvalue weighted by Gasteiger charge is -2.24. The van der Waals surface area contributed by atoms with Gasteiger partial charge in [-0.15, -0.1) is 0 Å². The van der Waals surface area contributed by atoms with Gasteiger partial charge in [-0.2, -0.15) is 13.2 Å². The van der Waals surface area contributed by atoms with E-state index in [0.29, 0.717) is 5.56 Å². The van der Waals surface area contributed by atoms with Crippen molar-refractivity contribution in [2.24, 2.45) is 0 Å². The molecule has 1 aliphatic rings. The van der Waals surface area contributed by atoms with Crippen molar-refractivity contribution in [3.8, 4) is 5.75 Å². The Balaban J connectivity index is 2.48. The first kappa shape index (κ1) is 12.9. The molecular weight excluding hydrogens is 299 g/mol. The van der Waals surface area contributed by atoms with E-state index in [1.54, 1.807) is 0 Å². The lowest BCUT2D eigenvalue weighted by atomic mass is 10.1. The number of fused-ring (bicyclic) bond motifs is 1. The van der Waals surface area contributed by atoms with E-state index in [1.165, 1.54) is 12.1 Å². The zero-order valence-corrected chi connectivity index (χ0v) is 10.3. The third-order valence-electron chi connectivity index (χ3n) is 2.16. The highest BCUT2D eigenvalue weighted by Gasteiger charge is 2.42. The van der Waals surface area contributed by atoms with Crippen molar-refractivity contribution in [1.29, 1.82) is 0 Å². The minimum absolute atomic E-state index is 0.0247. The lowest BCUT2D eigenvalue weighted by molar-refractivity contribution is -0.180. The van der Waals surface area contributed by atoms with Crippen LogP contribution in [0.15, 0.2) is 12.1 Å². The van der Waals surface area contributed by atoms with Gasteiger partial charge in [0.15, 0.2) is 0 Å². The maximum Gasteiger partial charge on any atom is 0.429 e. The third kappa shape index (κ3) is 2.34. The second-order valence-electron chi connectivity index (χ2n) is 3.34. The largest absolute Gasteiger partial charge is 0.475 e.